The molecule has 2 aliphatic rings. The average molecular weight is 459 g/mol. The van der Waals surface area contributed by atoms with Gasteiger partial charge in [0.2, 0.25) is 5.91 Å². The minimum absolute atomic E-state index is 0.0229. The Labute approximate surface area is 189 Å². The Hall–Kier alpha value is -2.70. The van der Waals surface area contributed by atoms with Gasteiger partial charge in [-0.1, -0.05) is 49.2 Å². The number of amides is 1. The summed E-state index contributed by atoms with van der Waals surface area (Å²) >= 11 is 12.4. The molecule has 1 atom stereocenters. The van der Waals surface area contributed by atoms with Crippen LogP contribution in [0, 0.1) is 15.5 Å². The zero-order chi connectivity index (χ0) is 22.5. The van der Waals surface area contributed by atoms with Crippen molar-refractivity contribution in [3.05, 3.63) is 79.5 Å². The molecule has 1 amide bonds. The van der Waals surface area contributed by atoms with Gasteiger partial charge in [0, 0.05) is 47.2 Å². The van der Waals surface area contributed by atoms with E-state index in [0.29, 0.717) is 29.1 Å². The highest BCUT2D eigenvalue weighted by Crippen LogP contribution is 2.49. The van der Waals surface area contributed by atoms with Crippen molar-refractivity contribution in [2.24, 2.45) is 5.41 Å². The molecule has 1 unspecified atom stereocenters. The number of Topliss-reactive ketones (excluding diaryl/α,β-unsaturated/α-hetero) is 1. The Morgan fingerprint density at radius 3 is 2.39 bits per heavy atom. The molecule has 0 fully saturated rings. The van der Waals surface area contributed by atoms with Crippen LogP contribution in [0.2, 0.25) is 10.0 Å². The summed E-state index contributed by atoms with van der Waals surface area (Å²) in [5, 5.41) is 12.1. The third-order valence-electron chi connectivity index (χ3n) is 5.80. The van der Waals surface area contributed by atoms with Crippen molar-refractivity contribution in [3.8, 4) is 0 Å². The number of ketones is 1. The van der Waals surface area contributed by atoms with Crippen molar-refractivity contribution in [2.75, 3.05) is 4.90 Å². The number of carbonyl (C=O) groups is 2. The molecule has 0 saturated carbocycles. The predicted octanol–water partition coefficient (Wildman–Crippen LogP) is 6.07. The second-order valence-corrected chi connectivity index (χ2v) is 9.58. The summed E-state index contributed by atoms with van der Waals surface area (Å²) in [4.78, 5) is 38.8. The lowest BCUT2D eigenvalue weighted by molar-refractivity contribution is -0.384. The Morgan fingerprint density at radius 1 is 1.06 bits per heavy atom. The van der Waals surface area contributed by atoms with Crippen LogP contribution in [-0.2, 0) is 9.59 Å². The summed E-state index contributed by atoms with van der Waals surface area (Å²) in [5.41, 5.74) is 1.68. The molecular formula is C23H20Cl2N2O4. The largest absolute Gasteiger partial charge is 0.294 e. The van der Waals surface area contributed by atoms with E-state index in [2.05, 4.69) is 0 Å². The summed E-state index contributed by atoms with van der Waals surface area (Å²) in [6.07, 6.45) is 0.898. The first kappa shape index (κ1) is 21.5. The molecule has 0 saturated heterocycles. The molecule has 2 aromatic carbocycles. The Morgan fingerprint density at radius 2 is 1.74 bits per heavy atom. The lowest BCUT2D eigenvalue weighted by Crippen LogP contribution is -2.43. The summed E-state index contributed by atoms with van der Waals surface area (Å²) < 4.78 is 0. The first-order valence-corrected chi connectivity index (χ1v) is 10.6. The van der Waals surface area contributed by atoms with Crippen LogP contribution >= 0.6 is 23.2 Å². The van der Waals surface area contributed by atoms with Crippen LogP contribution in [0.5, 0.6) is 0 Å². The van der Waals surface area contributed by atoms with Crippen LogP contribution in [0.25, 0.3) is 0 Å². The van der Waals surface area contributed by atoms with Gasteiger partial charge in [-0.2, -0.15) is 0 Å². The molecule has 0 N–H and O–H groups in total. The van der Waals surface area contributed by atoms with Crippen LogP contribution in [0.3, 0.4) is 0 Å². The molecule has 0 bridgehead atoms. The molecule has 1 aliphatic heterocycles. The van der Waals surface area contributed by atoms with E-state index in [4.69, 9.17) is 23.2 Å². The molecule has 0 spiro atoms. The fourth-order valence-electron chi connectivity index (χ4n) is 4.46. The van der Waals surface area contributed by atoms with Gasteiger partial charge in [-0.15, -0.1) is 0 Å². The molecule has 1 aliphatic carbocycles. The van der Waals surface area contributed by atoms with Gasteiger partial charge < -0.3 is 0 Å². The van der Waals surface area contributed by atoms with Crippen molar-refractivity contribution in [3.63, 3.8) is 0 Å². The first-order chi connectivity index (χ1) is 14.6. The average Bonchev–Trinajstić information content (AvgIpc) is 2.67. The number of nitro benzene ring substituents is 1. The number of nitro groups is 1. The van der Waals surface area contributed by atoms with Gasteiger partial charge in [-0.05, 0) is 35.6 Å². The van der Waals surface area contributed by atoms with Gasteiger partial charge in [0.1, 0.15) is 0 Å². The fraction of sp³-hybridized carbons (Fsp3) is 0.304. The molecule has 1 heterocycles. The van der Waals surface area contributed by atoms with Crippen LogP contribution < -0.4 is 4.90 Å². The number of halogens is 2. The van der Waals surface area contributed by atoms with E-state index in [-0.39, 0.29) is 39.9 Å². The number of benzene rings is 2. The van der Waals surface area contributed by atoms with Crippen LogP contribution in [-0.4, -0.2) is 16.6 Å². The minimum atomic E-state index is -0.532. The van der Waals surface area contributed by atoms with E-state index in [1.54, 1.807) is 12.1 Å². The van der Waals surface area contributed by atoms with Gasteiger partial charge in [-0.25, -0.2) is 0 Å². The highest BCUT2D eigenvalue weighted by molar-refractivity contribution is 6.34. The zero-order valence-corrected chi connectivity index (χ0v) is 18.5. The number of carbonyl (C=O) groups excluding carboxylic acids is 2. The maximum Gasteiger partial charge on any atom is 0.271 e. The number of anilines is 1. The van der Waals surface area contributed by atoms with E-state index in [9.17, 15) is 19.7 Å². The number of hydrogen-bond acceptors (Lipinski definition) is 4. The van der Waals surface area contributed by atoms with Gasteiger partial charge in [0.15, 0.2) is 5.78 Å². The molecule has 160 valence electrons. The maximum atomic E-state index is 13.4. The smallest absolute Gasteiger partial charge is 0.271 e. The van der Waals surface area contributed by atoms with E-state index >= 15 is 0 Å². The fourth-order valence-corrected chi connectivity index (χ4v) is 4.79. The zero-order valence-electron chi connectivity index (χ0n) is 17.0. The van der Waals surface area contributed by atoms with Crippen molar-refractivity contribution >= 4 is 46.3 Å². The SMILES string of the molecule is CC1(C)CC(=O)C2=C(C1)N(c1cc([N+](=O)[O-])ccc1Cl)C(=O)CC2c1ccc(Cl)cc1. The second-order valence-electron chi connectivity index (χ2n) is 8.73. The van der Waals surface area contributed by atoms with E-state index < -0.39 is 10.8 Å². The Bertz CT molecular complexity index is 1140. The van der Waals surface area contributed by atoms with E-state index in [1.807, 2.05) is 26.0 Å². The van der Waals surface area contributed by atoms with Crippen molar-refractivity contribution < 1.29 is 14.5 Å². The quantitative estimate of drug-likeness (QED) is 0.413. The molecule has 2 aromatic rings. The Balaban J connectivity index is 1.93. The first-order valence-electron chi connectivity index (χ1n) is 9.86. The van der Waals surface area contributed by atoms with Crippen LogP contribution in [0.1, 0.15) is 44.6 Å². The molecule has 4 rings (SSSR count). The molecule has 31 heavy (non-hydrogen) atoms. The predicted molar refractivity (Wildman–Crippen MR) is 119 cm³/mol. The third-order valence-corrected chi connectivity index (χ3v) is 6.37. The van der Waals surface area contributed by atoms with Crippen LogP contribution in [0.4, 0.5) is 11.4 Å². The highest BCUT2D eigenvalue weighted by Gasteiger charge is 2.44. The highest BCUT2D eigenvalue weighted by atomic mass is 35.5. The van der Waals surface area contributed by atoms with Crippen molar-refractivity contribution in [1.82, 2.24) is 0 Å². The van der Waals surface area contributed by atoms with Crippen LogP contribution in [0.15, 0.2) is 53.7 Å². The van der Waals surface area contributed by atoms with E-state index in [0.717, 1.165) is 5.56 Å². The molecule has 0 aromatic heterocycles. The number of hydrogen-bond donors (Lipinski definition) is 0. The number of nitrogens with zero attached hydrogens (tertiary/aromatic N) is 2. The van der Waals surface area contributed by atoms with Crippen molar-refractivity contribution in [1.29, 1.82) is 0 Å². The molecule has 6 nitrogen and oxygen atoms in total. The van der Waals surface area contributed by atoms with Gasteiger partial charge in [0.25, 0.3) is 5.69 Å². The summed E-state index contributed by atoms with van der Waals surface area (Å²) in [7, 11) is 0. The number of non-ortho nitro benzene ring substituents is 1. The second kappa shape index (κ2) is 7.77. The summed E-state index contributed by atoms with van der Waals surface area (Å²) in [6, 6.07) is 11.1. The monoisotopic (exact) mass is 458 g/mol. The normalized spacial score (nSPS) is 20.6. The van der Waals surface area contributed by atoms with E-state index in [1.165, 1.54) is 23.1 Å². The minimum Gasteiger partial charge on any atom is -0.294 e. The molecular weight excluding hydrogens is 439 g/mol. The Kier molecular flexibility index (Phi) is 5.40. The molecule has 0 radical (unpaired) electrons. The number of allylic oxidation sites excluding steroid dienone is 2. The topological polar surface area (TPSA) is 80.5 Å². The lowest BCUT2D eigenvalue weighted by atomic mass is 9.69. The third kappa shape index (κ3) is 3.98. The maximum absolute atomic E-state index is 13.4. The van der Waals surface area contributed by atoms with Gasteiger partial charge in [-0.3, -0.25) is 24.6 Å². The number of rotatable bonds is 3. The van der Waals surface area contributed by atoms with Gasteiger partial charge >= 0.3 is 0 Å². The summed E-state index contributed by atoms with van der Waals surface area (Å²) in [6.45, 7) is 3.94. The van der Waals surface area contributed by atoms with Gasteiger partial charge in [0.05, 0.1) is 15.6 Å². The lowest BCUT2D eigenvalue weighted by Gasteiger charge is -2.43. The standard InChI is InChI=1S/C23H20Cl2N2O4/c1-23(2)11-19-22(20(28)12-23)16(13-3-5-14(24)6-4-13)10-21(29)26(19)18-9-15(27(30)31)7-8-17(18)25/h3-9,16H,10-12H2,1-2H3. The summed E-state index contributed by atoms with van der Waals surface area (Å²) in [5.74, 6) is -0.672. The van der Waals surface area contributed by atoms with Crippen molar-refractivity contribution in [2.45, 2.75) is 39.0 Å². The molecule has 8 heteroatoms.